The molecule has 1 aliphatic rings. The number of nitrogens with one attached hydrogen (secondary N) is 2. The van der Waals surface area contributed by atoms with Gasteiger partial charge in [0.25, 0.3) is 0 Å². The van der Waals surface area contributed by atoms with E-state index in [9.17, 15) is 27.6 Å². The summed E-state index contributed by atoms with van der Waals surface area (Å²) in [5.41, 5.74) is -0.372. The van der Waals surface area contributed by atoms with Crippen LogP contribution < -0.4 is 10.6 Å². The Bertz CT molecular complexity index is 658. The van der Waals surface area contributed by atoms with Gasteiger partial charge in [-0.05, 0) is 24.1 Å². The first kappa shape index (κ1) is 18.8. The van der Waals surface area contributed by atoms with Crippen LogP contribution in [0.25, 0.3) is 0 Å². The number of hydrogen-bond donors (Lipinski definition) is 2. The second-order valence-corrected chi connectivity index (χ2v) is 5.64. The highest BCUT2D eigenvalue weighted by molar-refractivity contribution is 5.93. The Morgan fingerprint density at radius 3 is 2.44 bits per heavy atom. The highest BCUT2D eigenvalue weighted by Crippen LogP contribution is 2.29. The van der Waals surface area contributed by atoms with Gasteiger partial charge in [-0.1, -0.05) is 12.1 Å². The average Bonchev–Trinajstić information content (AvgIpc) is 2.99. The first-order valence-corrected chi connectivity index (χ1v) is 7.54. The summed E-state index contributed by atoms with van der Waals surface area (Å²) in [6.45, 7) is 0. The molecule has 2 amide bonds. The Kier molecular flexibility index (Phi) is 5.66. The van der Waals surface area contributed by atoms with Crippen molar-refractivity contribution < 1.29 is 32.3 Å². The standard InChI is InChI=1S/C16H17F3N2O4/c1-25-15(24)12(21-14(23)11-6-7-13(22)20-11)8-9-2-4-10(5-3-9)16(17,18)19/h2-5,11-12H,6-8H2,1H3,(H,20,22)(H,21,23)/t11-,12+/m0/s1. The predicted octanol–water partition coefficient (Wildman–Crippen LogP) is 1.18. The third-order valence-corrected chi connectivity index (χ3v) is 3.84. The number of alkyl halides is 3. The van der Waals surface area contributed by atoms with Crippen molar-refractivity contribution in [3.8, 4) is 0 Å². The Hall–Kier alpha value is -2.58. The van der Waals surface area contributed by atoms with Crippen LogP contribution in [0.2, 0.25) is 0 Å². The topological polar surface area (TPSA) is 84.5 Å². The quantitative estimate of drug-likeness (QED) is 0.775. The zero-order chi connectivity index (χ0) is 18.6. The average molecular weight is 358 g/mol. The Morgan fingerprint density at radius 1 is 1.32 bits per heavy atom. The summed E-state index contributed by atoms with van der Waals surface area (Å²) in [4.78, 5) is 35.1. The maximum atomic E-state index is 12.6. The number of rotatable bonds is 5. The molecule has 9 heteroatoms. The third-order valence-electron chi connectivity index (χ3n) is 3.84. The summed E-state index contributed by atoms with van der Waals surface area (Å²) in [6.07, 6.45) is -3.94. The molecule has 1 heterocycles. The number of methoxy groups -OCH3 is 1. The molecule has 0 unspecified atom stereocenters. The van der Waals surface area contributed by atoms with E-state index >= 15 is 0 Å². The van der Waals surface area contributed by atoms with Gasteiger partial charge in [0.05, 0.1) is 12.7 Å². The monoisotopic (exact) mass is 358 g/mol. The highest BCUT2D eigenvalue weighted by atomic mass is 19.4. The van der Waals surface area contributed by atoms with E-state index in [0.29, 0.717) is 12.0 Å². The number of esters is 1. The molecular formula is C16H17F3N2O4. The summed E-state index contributed by atoms with van der Waals surface area (Å²) in [5.74, 6) is -1.51. The fraction of sp³-hybridized carbons (Fsp3) is 0.438. The van der Waals surface area contributed by atoms with Crippen molar-refractivity contribution in [3.05, 3.63) is 35.4 Å². The van der Waals surface area contributed by atoms with Crippen molar-refractivity contribution in [1.82, 2.24) is 10.6 Å². The SMILES string of the molecule is COC(=O)[C@@H](Cc1ccc(C(F)(F)F)cc1)NC(=O)[C@@H]1CCC(=O)N1. The molecule has 0 spiro atoms. The molecule has 0 aromatic heterocycles. The zero-order valence-electron chi connectivity index (χ0n) is 13.4. The third kappa shape index (κ3) is 4.94. The first-order valence-electron chi connectivity index (χ1n) is 7.54. The summed E-state index contributed by atoms with van der Waals surface area (Å²) in [5, 5.41) is 4.95. The molecule has 1 saturated heterocycles. The minimum absolute atomic E-state index is 0.0305. The van der Waals surface area contributed by atoms with E-state index in [0.717, 1.165) is 19.2 Å². The maximum absolute atomic E-state index is 12.6. The van der Waals surface area contributed by atoms with E-state index in [1.54, 1.807) is 0 Å². The number of carbonyl (C=O) groups excluding carboxylic acids is 3. The Labute approximate surface area is 141 Å². The minimum atomic E-state index is -4.45. The molecule has 0 aliphatic carbocycles. The molecule has 1 aromatic carbocycles. The van der Waals surface area contributed by atoms with Crippen LogP contribution in [-0.2, 0) is 31.7 Å². The van der Waals surface area contributed by atoms with Crippen LogP contribution in [0.15, 0.2) is 24.3 Å². The molecule has 2 N–H and O–H groups in total. The van der Waals surface area contributed by atoms with Crippen LogP contribution in [-0.4, -0.2) is 37.0 Å². The van der Waals surface area contributed by atoms with Gasteiger partial charge in [0, 0.05) is 12.8 Å². The number of ether oxygens (including phenoxy) is 1. The summed E-state index contributed by atoms with van der Waals surface area (Å²) in [7, 11) is 1.14. The molecule has 0 radical (unpaired) electrons. The van der Waals surface area contributed by atoms with Gasteiger partial charge in [-0.3, -0.25) is 9.59 Å². The number of benzene rings is 1. The van der Waals surface area contributed by atoms with Crippen LogP contribution in [0.5, 0.6) is 0 Å². The van der Waals surface area contributed by atoms with E-state index < -0.39 is 35.7 Å². The number of carbonyl (C=O) groups is 3. The Balaban J connectivity index is 2.06. The van der Waals surface area contributed by atoms with Crippen molar-refractivity contribution in [2.24, 2.45) is 0 Å². The van der Waals surface area contributed by atoms with Gasteiger partial charge >= 0.3 is 12.1 Å². The van der Waals surface area contributed by atoms with Crippen LogP contribution in [0.3, 0.4) is 0 Å². The molecule has 0 saturated carbocycles. The smallest absolute Gasteiger partial charge is 0.416 e. The number of amides is 2. The lowest BCUT2D eigenvalue weighted by molar-refractivity contribution is -0.145. The van der Waals surface area contributed by atoms with Crippen LogP contribution in [0.4, 0.5) is 13.2 Å². The molecule has 1 aliphatic heterocycles. The molecule has 1 fully saturated rings. The summed E-state index contributed by atoms with van der Waals surface area (Å²) >= 11 is 0. The molecule has 1 aromatic rings. The Morgan fingerprint density at radius 2 is 1.96 bits per heavy atom. The van der Waals surface area contributed by atoms with Crippen molar-refractivity contribution in [2.75, 3.05) is 7.11 Å². The van der Waals surface area contributed by atoms with Gasteiger partial charge in [0.2, 0.25) is 11.8 Å². The lowest BCUT2D eigenvalue weighted by Crippen LogP contribution is -2.50. The second kappa shape index (κ2) is 7.54. The van der Waals surface area contributed by atoms with Gasteiger partial charge in [-0.25, -0.2) is 4.79 Å². The summed E-state index contributed by atoms with van der Waals surface area (Å²) in [6, 6.07) is 2.50. The van der Waals surface area contributed by atoms with E-state index in [4.69, 9.17) is 0 Å². The second-order valence-electron chi connectivity index (χ2n) is 5.64. The first-order chi connectivity index (χ1) is 11.7. The molecule has 2 atom stereocenters. The molecular weight excluding hydrogens is 341 g/mol. The maximum Gasteiger partial charge on any atom is 0.416 e. The molecule has 0 bridgehead atoms. The lowest BCUT2D eigenvalue weighted by Gasteiger charge is -2.19. The summed E-state index contributed by atoms with van der Waals surface area (Å²) < 4.78 is 42.4. The molecule has 2 rings (SSSR count). The van der Waals surface area contributed by atoms with Crippen molar-refractivity contribution in [3.63, 3.8) is 0 Å². The zero-order valence-corrected chi connectivity index (χ0v) is 13.4. The molecule has 6 nitrogen and oxygen atoms in total. The van der Waals surface area contributed by atoms with E-state index in [1.807, 2.05) is 0 Å². The van der Waals surface area contributed by atoms with Gasteiger partial charge in [0.15, 0.2) is 0 Å². The van der Waals surface area contributed by atoms with Crippen LogP contribution in [0.1, 0.15) is 24.0 Å². The number of halogens is 3. The van der Waals surface area contributed by atoms with Crippen molar-refractivity contribution >= 4 is 17.8 Å². The lowest BCUT2D eigenvalue weighted by atomic mass is 10.0. The van der Waals surface area contributed by atoms with E-state index in [1.165, 1.54) is 12.1 Å². The van der Waals surface area contributed by atoms with Crippen molar-refractivity contribution in [1.29, 1.82) is 0 Å². The molecule has 136 valence electrons. The fourth-order valence-electron chi connectivity index (χ4n) is 2.48. The van der Waals surface area contributed by atoms with Crippen LogP contribution >= 0.6 is 0 Å². The number of hydrogen-bond acceptors (Lipinski definition) is 4. The minimum Gasteiger partial charge on any atom is -0.467 e. The fourth-order valence-corrected chi connectivity index (χ4v) is 2.48. The van der Waals surface area contributed by atoms with Crippen LogP contribution in [0, 0.1) is 0 Å². The normalized spacial score (nSPS) is 18.4. The highest BCUT2D eigenvalue weighted by Gasteiger charge is 2.32. The van der Waals surface area contributed by atoms with Gasteiger partial charge < -0.3 is 15.4 Å². The van der Waals surface area contributed by atoms with Gasteiger partial charge in [-0.2, -0.15) is 13.2 Å². The predicted molar refractivity (Wildman–Crippen MR) is 80.3 cm³/mol. The molecule has 25 heavy (non-hydrogen) atoms. The van der Waals surface area contributed by atoms with E-state index in [2.05, 4.69) is 15.4 Å². The van der Waals surface area contributed by atoms with Crippen molar-refractivity contribution in [2.45, 2.75) is 37.5 Å². The largest absolute Gasteiger partial charge is 0.467 e. The van der Waals surface area contributed by atoms with E-state index in [-0.39, 0.29) is 18.7 Å². The van der Waals surface area contributed by atoms with Gasteiger partial charge in [-0.15, -0.1) is 0 Å². The van der Waals surface area contributed by atoms with Gasteiger partial charge in [0.1, 0.15) is 12.1 Å².